The molecule has 4 heterocycles. The predicted molar refractivity (Wildman–Crippen MR) is 246 cm³/mol. The van der Waals surface area contributed by atoms with E-state index in [9.17, 15) is 36.7 Å². The van der Waals surface area contributed by atoms with E-state index in [4.69, 9.17) is 65.8 Å². The van der Waals surface area contributed by atoms with Crippen molar-refractivity contribution in [2.24, 2.45) is 22.1 Å². The molecule has 0 bridgehead atoms. The SMILES string of the molecule is CCN1OC[C@@H](CC(=O)c2ccc(C3=NO[C@](C)(c4cc(Cl)c(F)c(Cl)c4)C3)cc2C)C1=O.Cc1cc(C2=NO[C@](C)(c3cc(Cl)cc(Cl)c3)C2)ccc1C(=O)C[C@@H]1CON(CC(F)(F)F)C1=O. The molecule has 8 rings (SSSR count). The van der Waals surface area contributed by atoms with Crippen LogP contribution in [0.4, 0.5) is 17.6 Å². The van der Waals surface area contributed by atoms with Crippen LogP contribution in [-0.4, -0.2) is 77.4 Å². The number of carbonyl (C=O) groups excluding carboxylic acids is 4. The Morgan fingerprint density at radius 1 is 0.691 bits per heavy atom. The van der Waals surface area contributed by atoms with Crippen LogP contribution in [0, 0.1) is 31.5 Å². The van der Waals surface area contributed by atoms with Crippen molar-refractivity contribution in [3.8, 4) is 0 Å². The Hall–Kier alpha value is -5.10. The van der Waals surface area contributed by atoms with Gasteiger partial charge in [0.05, 0.1) is 46.5 Å². The van der Waals surface area contributed by atoms with Gasteiger partial charge in [-0.3, -0.25) is 28.9 Å². The highest BCUT2D eigenvalue weighted by Crippen LogP contribution is 2.41. The Morgan fingerprint density at radius 2 is 1.12 bits per heavy atom. The van der Waals surface area contributed by atoms with Gasteiger partial charge in [0.2, 0.25) is 0 Å². The van der Waals surface area contributed by atoms with Gasteiger partial charge in [0.1, 0.15) is 6.54 Å². The van der Waals surface area contributed by atoms with Crippen LogP contribution in [0.3, 0.4) is 0 Å². The number of hydroxylamine groups is 4. The summed E-state index contributed by atoms with van der Waals surface area (Å²) in [5, 5.41) is 10.8. The number of rotatable bonds is 12. The van der Waals surface area contributed by atoms with E-state index in [1.54, 1.807) is 49.4 Å². The number of nitrogens with zero attached hydrogens (tertiary/aromatic N) is 4. The largest absolute Gasteiger partial charge is 0.408 e. The molecule has 0 saturated carbocycles. The van der Waals surface area contributed by atoms with E-state index in [1.165, 1.54) is 17.2 Å². The first-order chi connectivity index (χ1) is 32.0. The van der Waals surface area contributed by atoms with Crippen molar-refractivity contribution in [2.45, 2.75) is 77.7 Å². The quantitative estimate of drug-likeness (QED) is 0.0777. The molecule has 4 aliphatic heterocycles. The fraction of sp³-hybridized carbons (Fsp3) is 0.375. The fourth-order valence-electron chi connectivity index (χ4n) is 8.26. The van der Waals surface area contributed by atoms with Gasteiger partial charge in [0.15, 0.2) is 28.6 Å². The first-order valence-corrected chi connectivity index (χ1v) is 22.8. The van der Waals surface area contributed by atoms with E-state index >= 15 is 0 Å². The Morgan fingerprint density at radius 3 is 1.53 bits per heavy atom. The van der Waals surface area contributed by atoms with Gasteiger partial charge >= 0.3 is 6.18 Å². The zero-order chi connectivity index (χ0) is 49.5. The lowest BCUT2D eigenvalue weighted by Gasteiger charge is -2.22. The van der Waals surface area contributed by atoms with Gasteiger partial charge < -0.3 is 9.68 Å². The second kappa shape index (κ2) is 20.1. The molecular weight excluding hydrogens is 978 g/mol. The molecule has 360 valence electrons. The van der Waals surface area contributed by atoms with Crippen LogP contribution in [0.15, 0.2) is 77.0 Å². The lowest BCUT2D eigenvalue weighted by atomic mass is 9.88. The van der Waals surface area contributed by atoms with Crippen molar-refractivity contribution in [2.75, 3.05) is 26.3 Å². The normalized spacial score (nSPS) is 22.4. The summed E-state index contributed by atoms with van der Waals surface area (Å²) in [6.45, 7) is 8.02. The van der Waals surface area contributed by atoms with Crippen molar-refractivity contribution in [1.82, 2.24) is 10.1 Å². The molecule has 20 heteroatoms. The lowest BCUT2D eigenvalue weighted by Crippen LogP contribution is -2.35. The van der Waals surface area contributed by atoms with Gasteiger partial charge in [-0.25, -0.2) is 14.5 Å². The number of oxime groups is 2. The number of hydrogen-bond donors (Lipinski definition) is 0. The highest BCUT2D eigenvalue weighted by Gasteiger charge is 2.43. The highest BCUT2D eigenvalue weighted by molar-refractivity contribution is 6.35. The number of carbonyl (C=O) groups is 4. The molecule has 68 heavy (non-hydrogen) atoms. The number of amides is 2. The molecule has 2 fully saturated rings. The van der Waals surface area contributed by atoms with E-state index in [2.05, 4.69) is 10.3 Å². The number of hydrogen-bond acceptors (Lipinski definition) is 10. The second-order valence-corrected chi connectivity index (χ2v) is 19.0. The minimum Gasteiger partial charge on any atom is -0.384 e. The summed E-state index contributed by atoms with van der Waals surface area (Å²) in [6, 6.07) is 18.7. The summed E-state index contributed by atoms with van der Waals surface area (Å²) in [4.78, 5) is 71.7. The van der Waals surface area contributed by atoms with E-state index in [1.807, 2.05) is 39.8 Å². The maximum absolute atomic E-state index is 13.8. The minimum absolute atomic E-state index is 0.0808. The summed E-state index contributed by atoms with van der Waals surface area (Å²) in [5.41, 5.74) is 5.06. The highest BCUT2D eigenvalue weighted by atomic mass is 35.5. The van der Waals surface area contributed by atoms with Crippen LogP contribution in [0.2, 0.25) is 20.1 Å². The summed E-state index contributed by atoms with van der Waals surface area (Å²) >= 11 is 24.2. The third-order valence-corrected chi connectivity index (χ3v) is 13.0. The zero-order valence-electron chi connectivity index (χ0n) is 37.2. The van der Waals surface area contributed by atoms with Crippen molar-refractivity contribution in [1.29, 1.82) is 0 Å². The summed E-state index contributed by atoms with van der Waals surface area (Å²) in [6.07, 6.45) is -3.87. The van der Waals surface area contributed by atoms with Crippen LogP contribution in [0.1, 0.15) is 101 Å². The van der Waals surface area contributed by atoms with Crippen LogP contribution in [0.25, 0.3) is 0 Å². The molecule has 12 nitrogen and oxygen atoms in total. The Kier molecular flexibility index (Phi) is 15.0. The summed E-state index contributed by atoms with van der Waals surface area (Å²) in [7, 11) is 0. The molecule has 2 saturated heterocycles. The maximum Gasteiger partial charge on any atom is 0.408 e. The zero-order valence-corrected chi connectivity index (χ0v) is 40.3. The first-order valence-electron chi connectivity index (χ1n) is 21.3. The third-order valence-electron chi connectivity index (χ3n) is 12.0. The monoisotopic (exact) mass is 1020 g/mol. The second-order valence-electron chi connectivity index (χ2n) is 17.3. The average molecular weight is 1020 g/mol. The molecule has 4 aliphatic rings. The molecule has 4 aromatic carbocycles. The fourth-order valence-corrected chi connectivity index (χ4v) is 9.27. The van der Waals surface area contributed by atoms with Crippen LogP contribution < -0.4 is 0 Å². The standard InChI is InChI=1S/C24H21Cl2F3N2O4.C24H23Cl2FN2O4/c1-13-5-14(20-10-23(2,35-30-20)16-7-17(25)9-18(26)8-16)3-4-19(13)21(32)6-15-11-34-31(22(15)33)12-24(27,28)29;1-4-29-23(31)15(12-32-29)8-21(30)17-6-5-14(7-13(17)2)20-11-24(3,33-28-20)16-9-18(25)22(27)19(26)10-16/h3-5,7-9,15H,6,10-12H2,1-2H3;5-7,9-10,15H,4,8,11-12H2,1-3H3/t15-,23+;15-,24+/m11/s1. The molecule has 4 aromatic rings. The lowest BCUT2D eigenvalue weighted by molar-refractivity contribution is -0.214. The van der Waals surface area contributed by atoms with Crippen molar-refractivity contribution in [3.63, 3.8) is 0 Å². The van der Waals surface area contributed by atoms with Gasteiger partial charge in [-0.2, -0.15) is 13.2 Å². The predicted octanol–water partition coefficient (Wildman–Crippen LogP) is 11.3. The molecular formula is C48H44Cl4F4N4O8. The number of alkyl halides is 3. The van der Waals surface area contributed by atoms with Crippen LogP contribution in [-0.2, 0) is 40.1 Å². The van der Waals surface area contributed by atoms with Crippen molar-refractivity contribution in [3.05, 3.63) is 137 Å². The smallest absolute Gasteiger partial charge is 0.384 e. The first kappa shape index (κ1) is 50.8. The molecule has 4 atom stereocenters. The van der Waals surface area contributed by atoms with Gasteiger partial charge in [-0.05, 0) is 99.3 Å². The molecule has 0 unspecified atom stereocenters. The van der Waals surface area contributed by atoms with Gasteiger partial charge in [-0.1, -0.05) is 81.0 Å². The van der Waals surface area contributed by atoms with Gasteiger partial charge in [0, 0.05) is 64.5 Å². The topological polar surface area (TPSA) is 136 Å². The number of aryl methyl sites for hydroxylation is 2. The van der Waals surface area contributed by atoms with E-state index in [0.29, 0.717) is 63.1 Å². The Balaban J connectivity index is 0.000000202. The molecule has 2 amide bonds. The van der Waals surface area contributed by atoms with Crippen LogP contribution >= 0.6 is 46.4 Å². The summed E-state index contributed by atoms with van der Waals surface area (Å²) in [5.74, 6) is -3.55. The molecule has 0 aliphatic carbocycles. The van der Waals surface area contributed by atoms with Crippen LogP contribution in [0.5, 0.6) is 0 Å². The number of halogens is 8. The number of Topliss-reactive ketones (excluding diaryl/α,β-unsaturated/α-hetero) is 2. The number of benzene rings is 4. The maximum atomic E-state index is 13.8. The van der Waals surface area contributed by atoms with Gasteiger partial charge in [0.25, 0.3) is 11.8 Å². The van der Waals surface area contributed by atoms with Crippen molar-refractivity contribution < 1.29 is 56.1 Å². The molecule has 0 aromatic heterocycles. The molecule has 0 N–H and O–H groups in total. The van der Waals surface area contributed by atoms with E-state index < -0.39 is 47.5 Å². The minimum atomic E-state index is -4.58. The van der Waals surface area contributed by atoms with E-state index in [-0.39, 0.29) is 58.6 Å². The Bertz CT molecular complexity index is 2710. The van der Waals surface area contributed by atoms with Gasteiger partial charge in [-0.15, -0.1) is 0 Å². The molecule has 0 spiro atoms. The summed E-state index contributed by atoms with van der Waals surface area (Å²) < 4.78 is 51.5. The van der Waals surface area contributed by atoms with Crippen molar-refractivity contribution >= 4 is 81.2 Å². The van der Waals surface area contributed by atoms with E-state index in [0.717, 1.165) is 22.3 Å². The Labute approximate surface area is 408 Å². The third kappa shape index (κ3) is 11.2. The number of ketones is 2. The average Bonchev–Trinajstić information content (AvgIpc) is 4.05. The molecule has 0 radical (unpaired) electrons.